The first-order chi connectivity index (χ1) is 12.7. The van der Waals surface area contributed by atoms with Crippen LogP contribution >= 0.6 is 22.7 Å². The van der Waals surface area contributed by atoms with Crippen LogP contribution in [0.5, 0.6) is 0 Å². The summed E-state index contributed by atoms with van der Waals surface area (Å²) in [7, 11) is 0. The Morgan fingerprint density at radius 3 is 2.62 bits per heavy atom. The predicted octanol–water partition coefficient (Wildman–Crippen LogP) is 4.08. The van der Waals surface area contributed by atoms with Crippen molar-refractivity contribution >= 4 is 34.6 Å². The Labute approximate surface area is 159 Å². The van der Waals surface area contributed by atoms with Gasteiger partial charge in [-0.15, -0.1) is 22.7 Å². The summed E-state index contributed by atoms with van der Waals surface area (Å²) in [5, 5.41) is 4.39. The zero-order valence-electron chi connectivity index (χ0n) is 14.3. The van der Waals surface area contributed by atoms with Gasteiger partial charge in [-0.3, -0.25) is 4.79 Å². The minimum Gasteiger partial charge on any atom is -0.451 e. The molecule has 3 aromatic rings. The molecule has 0 spiro atoms. The van der Waals surface area contributed by atoms with Crippen LogP contribution in [0.2, 0.25) is 0 Å². The number of hydrogen-bond donors (Lipinski definition) is 0. The fourth-order valence-corrected chi connectivity index (χ4v) is 3.96. The van der Waals surface area contributed by atoms with Crippen molar-refractivity contribution in [3.05, 3.63) is 64.5 Å². The van der Waals surface area contributed by atoms with Gasteiger partial charge in [-0.25, -0.2) is 9.78 Å². The zero-order chi connectivity index (χ0) is 18.4. The van der Waals surface area contributed by atoms with Gasteiger partial charge in [0.15, 0.2) is 12.3 Å². The van der Waals surface area contributed by atoms with Crippen molar-refractivity contribution in [2.24, 2.45) is 0 Å². The standard InChI is InChI=1S/C19H18N2O3S2/c1-2-21(11-14-7-4-3-5-8-14)17(22)12-24-19(23)15-13-26-18(20-15)16-9-6-10-25-16/h3-10,13H,2,11-12H2,1H3. The first-order valence-electron chi connectivity index (χ1n) is 8.15. The van der Waals surface area contributed by atoms with Crippen LogP contribution in [-0.4, -0.2) is 34.9 Å². The Hall–Kier alpha value is -2.51. The lowest BCUT2D eigenvalue weighted by Gasteiger charge is -2.20. The monoisotopic (exact) mass is 386 g/mol. The number of rotatable bonds is 7. The van der Waals surface area contributed by atoms with Crippen molar-refractivity contribution in [2.75, 3.05) is 13.2 Å². The van der Waals surface area contributed by atoms with E-state index in [9.17, 15) is 9.59 Å². The van der Waals surface area contributed by atoms with E-state index in [-0.39, 0.29) is 18.2 Å². The molecule has 134 valence electrons. The van der Waals surface area contributed by atoms with Gasteiger partial charge in [0, 0.05) is 18.5 Å². The number of thiophene rings is 1. The van der Waals surface area contributed by atoms with Gasteiger partial charge in [0.2, 0.25) is 0 Å². The number of amides is 1. The Balaban J connectivity index is 1.55. The van der Waals surface area contributed by atoms with Gasteiger partial charge in [0.1, 0.15) is 5.01 Å². The lowest BCUT2D eigenvalue weighted by atomic mass is 10.2. The quantitative estimate of drug-likeness (QED) is 0.574. The number of nitrogens with zero attached hydrogens (tertiary/aromatic N) is 2. The largest absolute Gasteiger partial charge is 0.451 e. The second-order valence-corrected chi connectivity index (χ2v) is 7.29. The number of aromatic nitrogens is 1. The predicted molar refractivity (Wildman–Crippen MR) is 103 cm³/mol. The van der Waals surface area contributed by atoms with E-state index in [1.165, 1.54) is 11.3 Å². The van der Waals surface area contributed by atoms with Crippen molar-refractivity contribution in [1.82, 2.24) is 9.88 Å². The van der Waals surface area contributed by atoms with E-state index in [2.05, 4.69) is 4.98 Å². The number of hydrogen-bond acceptors (Lipinski definition) is 6. The Morgan fingerprint density at radius 2 is 1.92 bits per heavy atom. The molecule has 0 saturated carbocycles. The lowest BCUT2D eigenvalue weighted by molar-refractivity contribution is -0.134. The van der Waals surface area contributed by atoms with E-state index < -0.39 is 5.97 Å². The van der Waals surface area contributed by atoms with Gasteiger partial charge in [-0.05, 0) is 23.9 Å². The van der Waals surface area contributed by atoms with Crippen molar-refractivity contribution in [3.63, 3.8) is 0 Å². The lowest BCUT2D eigenvalue weighted by Crippen LogP contribution is -2.34. The smallest absolute Gasteiger partial charge is 0.358 e. The second-order valence-electron chi connectivity index (χ2n) is 5.48. The molecule has 1 aromatic carbocycles. The Kier molecular flexibility index (Phi) is 6.14. The maximum absolute atomic E-state index is 12.3. The number of carbonyl (C=O) groups excluding carboxylic acids is 2. The molecule has 0 radical (unpaired) electrons. The number of likely N-dealkylation sites (N-methyl/N-ethyl adjacent to an activating group) is 1. The molecule has 0 aliphatic rings. The highest BCUT2D eigenvalue weighted by molar-refractivity contribution is 7.20. The minimum atomic E-state index is -0.576. The number of benzene rings is 1. The van der Waals surface area contributed by atoms with Crippen LogP contribution < -0.4 is 0 Å². The van der Waals surface area contributed by atoms with Crippen LogP contribution in [0.3, 0.4) is 0 Å². The van der Waals surface area contributed by atoms with E-state index in [0.29, 0.717) is 13.1 Å². The summed E-state index contributed by atoms with van der Waals surface area (Å²) in [4.78, 5) is 31.4. The van der Waals surface area contributed by atoms with Crippen molar-refractivity contribution in [3.8, 4) is 9.88 Å². The normalized spacial score (nSPS) is 10.5. The molecule has 0 atom stereocenters. The molecule has 0 saturated heterocycles. The molecule has 3 rings (SSSR count). The van der Waals surface area contributed by atoms with Crippen LogP contribution in [0, 0.1) is 0 Å². The van der Waals surface area contributed by atoms with Gasteiger partial charge >= 0.3 is 5.97 Å². The van der Waals surface area contributed by atoms with Crippen LogP contribution in [-0.2, 0) is 16.1 Å². The molecule has 0 fully saturated rings. The summed E-state index contributed by atoms with van der Waals surface area (Å²) in [6.45, 7) is 2.65. The van der Waals surface area contributed by atoms with Gasteiger partial charge in [0.05, 0.1) is 4.88 Å². The minimum absolute atomic E-state index is 0.224. The van der Waals surface area contributed by atoms with Crippen LogP contribution in [0.4, 0.5) is 0 Å². The molecule has 1 amide bonds. The van der Waals surface area contributed by atoms with E-state index in [1.54, 1.807) is 21.6 Å². The molecule has 26 heavy (non-hydrogen) atoms. The van der Waals surface area contributed by atoms with Gasteiger partial charge in [0.25, 0.3) is 5.91 Å². The number of thiazole rings is 1. The summed E-state index contributed by atoms with van der Waals surface area (Å²) in [5.41, 5.74) is 1.27. The molecule has 0 aliphatic carbocycles. The molecule has 0 aliphatic heterocycles. The first kappa shape index (κ1) is 18.3. The highest BCUT2D eigenvalue weighted by atomic mass is 32.1. The topological polar surface area (TPSA) is 59.5 Å². The van der Waals surface area contributed by atoms with Crippen molar-refractivity contribution in [1.29, 1.82) is 0 Å². The molecule has 2 heterocycles. The number of ether oxygens (including phenoxy) is 1. The first-order valence-corrected chi connectivity index (χ1v) is 9.91. The highest BCUT2D eigenvalue weighted by Gasteiger charge is 2.18. The van der Waals surface area contributed by atoms with Crippen LogP contribution in [0.25, 0.3) is 9.88 Å². The Bertz CT molecular complexity index is 860. The summed E-state index contributed by atoms with van der Waals surface area (Å²) in [5.74, 6) is -0.799. The average Bonchev–Trinajstić information content (AvgIpc) is 3.36. The molecular weight excluding hydrogens is 368 g/mol. The maximum Gasteiger partial charge on any atom is 0.358 e. The van der Waals surface area contributed by atoms with Crippen LogP contribution in [0.1, 0.15) is 23.0 Å². The van der Waals surface area contributed by atoms with E-state index in [0.717, 1.165) is 15.4 Å². The molecule has 7 heteroatoms. The molecule has 0 unspecified atom stereocenters. The van der Waals surface area contributed by atoms with E-state index >= 15 is 0 Å². The summed E-state index contributed by atoms with van der Waals surface area (Å²) >= 11 is 2.95. The third-order valence-electron chi connectivity index (χ3n) is 3.72. The number of carbonyl (C=O) groups is 2. The highest BCUT2D eigenvalue weighted by Crippen LogP contribution is 2.27. The summed E-state index contributed by atoms with van der Waals surface area (Å²) in [6.07, 6.45) is 0. The fraction of sp³-hybridized carbons (Fsp3) is 0.211. The third kappa shape index (κ3) is 4.56. The summed E-state index contributed by atoms with van der Waals surface area (Å²) < 4.78 is 5.16. The summed E-state index contributed by atoms with van der Waals surface area (Å²) in [6, 6.07) is 13.6. The zero-order valence-corrected chi connectivity index (χ0v) is 15.9. The van der Waals surface area contributed by atoms with Crippen molar-refractivity contribution in [2.45, 2.75) is 13.5 Å². The average molecular weight is 386 g/mol. The van der Waals surface area contributed by atoms with Crippen LogP contribution in [0.15, 0.2) is 53.2 Å². The third-order valence-corrected chi connectivity index (χ3v) is 5.60. The van der Waals surface area contributed by atoms with Crippen molar-refractivity contribution < 1.29 is 14.3 Å². The molecule has 0 N–H and O–H groups in total. The SMILES string of the molecule is CCN(Cc1ccccc1)C(=O)COC(=O)c1csc(-c2cccs2)n1. The fourth-order valence-electron chi connectivity index (χ4n) is 2.35. The second kappa shape index (κ2) is 8.73. The Morgan fingerprint density at radius 1 is 1.12 bits per heavy atom. The van der Waals surface area contributed by atoms with E-state index in [1.807, 2.05) is 54.8 Å². The van der Waals surface area contributed by atoms with Gasteiger partial charge in [-0.1, -0.05) is 36.4 Å². The maximum atomic E-state index is 12.3. The molecule has 5 nitrogen and oxygen atoms in total. The van der Waals surface area contributed by atoms with E-state index in [4.69, 9.17) is 4.74 Å². The van der Waals surface area contributed by atoms with Gasteiger partial charge in [-0.2, -0.15) is 0 Å². The van der Waals surface area contributed by atoms with Gasteiger partial charge < -0.3 is 9.64 Å². The molecule has 2 aromatic heterocycles. The molecular formula is C19H18N2O3S2. The number of esters is 1. The molecule has 0 bridgehead atoms.